The van der Waals surface area contributed by atoms with E-state index in [1.54, 1.807) is 29.2 Å². The van der Waals surface area contributed by atoms with Gasteiger partial charge in [0.1, 0.15) is 5.78 Å². The van der Waals surface area contributed by atoms with Crippen molar-refractivity contribution < 1.29 is 24.5 Å². The van der Waals surface area contributed by atoms with Gasteiger partial charge in [-0.15, -0.1) is 23.1 Å². The van der Waals surface area contributed by atoms with Gasteiger partial charge in [0, 0.05) is 21.9 Å². The molecule has 1 aromatic carbocycles. The molecule has 0 radical (unpaired) electrons. The van der Waals surface area contributed by atoms with Crippen LogP contribution in [0.5, 0.6) is 0 Å². The Morgan fingerprint density at radius 1 is 1.34 bits per heavy atom. The molecule has 1 fully saturated rings. The number of ketones is 1. The van der Waals surface area contributed by atoms with E-state index in [0.29, 0.717) is 12.2 Å². The van der Waals surface area contributed by atoms with Crippen molar-refractivity contribution in [1.29, 1.82) is 0 Å². The average Bonchev–Trinajstić information content (AvgIpc) is 3.32. The molecule has 8 heteroatoms. The lowest BCUT2D eigenvalue weighted by Crippen LogP contribution is -2.22. The van der Waals surface area contributed by atoms with E-state index in [0.717, 1.165) is 24.3 Å². The summed E-state index contributed by atoms with van der Waals surface area (Å²) in [4.78, 5) is 24.7. The van der Waals surface area contributed by atoms with Crippen molar-refractivity contribution in [2.45, 2.75) is 43.1 Å². The molecule has 0 amide bonds. The van der Waals surface area contributed by atoms with Gasteiger partial charge in [0.2, 0.25) is 0 Å². The largest absolute Gasteiger partial charge is 0.468 e. The van der Waals surface area contributed by atoms with E-state index in [-0.39, 0.29) is 29.3 Å². The number of thioether (sulfide) groups is 2. The van der Waals surface area contributed by atoms with Crippen molar-refractivity contribution in [3.05, 3.63) is 47.4 Å². The standard InChI is InChI=1S/C24H30O5S3/c1-29-23(28)15-30-11-4-12-31-24-19(20(26)14-21(24)27)10-8-17(25)7-9-18-13-16-5-2-3-6-22(16)32-18/h2-3,5-6,8,10,13,17,19-20,24-26H,4,7,9,11-12,14-15H2,1H3/t17?,19-,20+,24?/m0/s1. The molecular weight excluding hydrogens is 464 g/mol. The summed E-state index contributed by atoms with van der Waals surface area (Å²) in [5.41, 5.74) is 0. The zero-order valence-corrected chi connectivity index (χ0v) is 20.6. The van der Waals surface area contributed by atoms with Crippen molar-refractivity contribution in [2.24, 2.45) is 5.92 Å². The summed E-state index contributed by atoms with van der Waals surface area (Å²) in [6.07, 6.45) is 4.70. The molecule has 0 aliphatic heterocycles. The summed E-state index contributed by atoms with van der Waals surface area (Å²) < 4.78 is 5.87. The highest BCUT2D eigenvalue weighted by Crippen LogP contribution is 2.34. The number of rotatable bonds is 12. The number of aryl methyl sites for hydroxylation is 1. The van der Waals surface area contributed by atoms with E-state index in [9.17, 15) is 19.8 Å². The van der Waals surface area contributed by atoms with Crippen molar-refractivity contribution in [1.82, 2.24) is 0 Å². The third-order valence-corrected chi connectivity index (χ3v) is 9.07. The van der Waals surface area contributed by atoms with Gasteiger partial charge >= 0.3 is 5.97 Å². The van der Waals surface area contributed by atoms with Gasteiger partial charge in [0.05, 0.1) is 30.3 Å². The number of aliphatic hydroxyl groups excluding tert-OH is 2. The number of aliphatic hydroxyl groups is 2. The van der Waals surface area contributed by atoms with Crippen molar-refractivity contribution in [2.75, 3.05) is 24.4 Å². The van der Waals surface area contributed by atoms with Crippen LogP contribution in [0.25, 0.3) is 10.1 Å². The summed E-state index contributed by atoms with van der Waals surface area (Å²) in [6.45, 7) is 0. The number of benzene rings is 1. The number of carbonyl (C=O) groups is 2. The zero-order valence-electron chi connectivity index (χ0n) is 18.1. The van der Waals surface area contributed by atoms with E-state index in [1.807, 2.05) is 18.2 Å². The molecule has 1 aliphatic rings. The Morgan fingerprint density at radius 3 is 2.94 bits per heavy atom. The van der Waals surface area contributed by atoms with Crippen LogP contribution in [0.4, 0.5) is 0 Å². The molecule has 1 aromatic heterocycles. The van der Waals surface area contributed by atoms with Crippen LogP contribution in [0, 0.1) is 5.92 Å². The number of ether oxygens (including phenoxy) is 1. The first-order valence-electron chi connectivity index (χ1n) is 10.8. The van der Waals surface area contributed by atoms with Gasteiger partial charge in [-0.05, 0) is 48.3 Å². The van der Waals surface area contributed by atoms with E-state index in [4.69, 9.17) is 0 Å². The number of Topliss-reactive ketones (excluding diaryl/α,β-unsaturated/α-hetero) is 1. The van der Waals surface area contributed by atoms with Gasteiger partial charge < -0.3 is 14.9 Å². The number of carbonyl (C=O) groups excluding carboxylic acids is 2. The van der Waals surface area contributed by atoms with E-state index in [1.165, 1.54) is 33.8 Å². The predicted octanol–water partition coefficient (Wildman–Crippen LogP) is 4.10. The SMILES string of the molecule is COC(=O)CSCCCSC1C(=O)C[C@@H](O)[C@@H]1C=CC(O)CCc1cc2ccccc2s1. The Kier molecular flexibility index (Phi) is 10.1. The van der Waals surface area contributed by atoms with Crippen LogP contribution in [0.1, 0.15) is 24.1 Å². The lowest BCUT2D eigenvalue weighted by atomic mass is 10.0. The van der Waals surface area contributed by atoms with Gasteiger partial charge in [0.25, 0.3) is 0 Å². The van der Waals surface area contributed by atoms with Gasteiger partial charge in [-0.2, -0.15) is 11.8 Å². The minimum Gasteiger partial charge on any atom is -0.468 e. The summed E-state index contributed by atoms with van der Waals surface area (Å²) in [5, 5.41) is 21.7. The highest BCUT2D eigenvalue weighted by Gasteiger charge is 2.40. The zero-order chi connectivity index (χ0) is 22.9. The number of methoxy groups -OCH3 is 1. The van der Waals surface area contributed by atoms with Gasteiger partial charge in [-0.25, -0.2) is 0 Å². The maximum atomic E-state index is 12.3. The van der Waals surface area contributed by atoms with Crippen LogP contribution in [0.2, 0.25) is 0 Å². The Morgan fingerprint density at radius 2 is 2.16 bits per heavy atom. The number of fused-ring (bicyclic) bond motifs is 1. The molecule has 0 spiro atoms. The Bertz CT molecular complexity index is 892. The number of hydrogen-bond donors (Lipinski definition) is 2. The molecule has 174 valence electrons. The van der Waals surface area contributed by atoms with Gasteiger partial charge in [-0.1, -0.05) is 30.4 Å². The van der Waals surface area contributed by atoms with Crippen LogP contribution >= 0.6 is 34.9 Å². The van der Waals surface area contributed by atoms with E-state index < -0.39 is 12.2 Å². The first kappa shape index (κ1) is 25.3. The highest BCUT2D eigenvalue weighted by molar-refractivity contribution is 8.01. The van der Waals surface area contributed by atoms with Gasteiger partial charge in [-0.3, -0.25) is 9.59 Å². The molecule has 3 rings (SSSR count). The summed E-state index contributed by atoms with van der Waals surface area (Å²) in [5.74, 6) is 1.52. The molecule has 2 N–H and O–H groups in total. The second-order valence-corrected chi connectivity index (χ2v) is 11.4. The fourth-order valence-corrected chi connectivity index (χ4v) is 7.08. The molecule has 1 saturated carbocycles. The van der Waals surface area contributed by atoms with Crippen molar-refractivity contribution in [3.63, 3.8) is 0 Å². The summed E-state index contributed by atoms with van der Waals surface area (Å²) in [7, 11) is 1.38. The van der Waals surface area contributed by atoms with E-state index in [2.05, 4.69) is 22.9 Å². The van der Waals surface area contributed by atoms with Crippen LogP contribution in [0.15, 0.2) is 42.5 Å². The van der Waals surface area contributed by atoms with Crippen molar-refractivity contribution in [3.8, 4) is 0 Å². The first-order valence-corrected chi connectivity index (χ1v) is 13.8. The highest BCUT2D eigenvalue weighted by atomic mass is 32.2. The van der Waals surface area contributed by atoms with Crippen LogP contribution in [-0.2, 0) is 20.7 Å². The molecule has 2 aromatic rings. The van der Waals surface area contributed by atoms with Crippen molar-refractivity contribution >= 4 is 56.7 Å². The third-order valence-electron chi connectivity index (χ3n) is 5.42. The normalized spacial score (nSPS) is 22.1. The molecule has 1 aliphatic carbocycles. The molecule has 32 heavy (non-hydrogen) atoms. The minimum atomic E-state index is -0.695. The monoisotopic (exact) mass is 494 g/mol. The van der Waals surface area contributed by atoms with Gasteiger partial charge in [0.15, 0.2) is 0 Å². The number of hydrogen-bond acceptors (Lipinski definition) is 8. The molecule has 1 heterocycles. The minimum absolute atomic E-state index is 0.0686. The Labute approximate surface area is 201 Å². The fraction of sp³-hybridized carbons (Fsp3) is 0.500. The topological polar surface area (TPSA) is 83.8 Å². The van der Waals surface area contributed by atoms with E-state index >= 15 is 0 Å². The lowest BCUT2D eigenvalue weighted by molar-refractivity contribution is -0.137. The number of esters is 1. The van der Waals surface area contributed by atoms with Crippen LogP contribution in [0.3, 0.4) is 0 Å². The lowest BCUT2D eigenvalue weighted by Gasteiger charge is -2.17. The second-order valence-electron chi connectivity index (χ2n) is 7.83. The summed E-state index contributed by atoms with van der Waals surface area (Å²) >= 11 is 4.83. The first-order chi connectivity index (χ1) is 15.5. The maximum absolute atomic E-state index is 12.3. The third kappa shape index (κ3) is 7.35. The quantitative estimate of drug-likeness (QED) is 0.261. The summed E-state index contributed by atoms with van der Waals surface area (Å²) in [6, 6.07) is 10.4. The molecular formula is C24H30O5S3. The fourth-order valence-electron chi connectivity index (χ4n) is 3.70. The smallest absolute Gasteiger partial charge is 0.315 e. The van der Waals surface area contributed by atoms with Crippen LogP contribution < -0.4 is 0 Å². The predicted molar refractivity (Wildman–Crippen MR) is 135 cm³/mol. The molecule has 5 nitrogen and oxygen atoms in total. The average molecular weight is 495 g/mol. The van der Waals surface area contributed by atoms with Crippen LogP contribution in [-0.4, -0.2) is 63.8 Å². The molecule has 2 unspecified atom stereocenters. The second kappa shape index (κ2) is 12.8. The molecule has 0 bridgehead atoms. The Hall–Kier alpha value is -1.32. The molecule has 0 saturated heterocycles. The Balaban J connectivity index is 1.44. The number of thiophene rings is 1. The molecule has 4 atom stereocenters. The maximum Gasteiger partial charge on any atom is 0.315 e.